The summed E-state index contributed by atoms with van der Waals surface area (Å²) >= 11 is 0. The van der Waals surface area contributed by atoms with Crippen LogP contribution in [0.2, 0.25) is 0 Å². The summed E-state index contributed by atoms with van der Waals surface area (Å²) in [4.78, 5) is 4.45. The molecule has 3 rings (SSSR count). The number of benzene rings is 2. The van der Waals surface area contributed by atoms with E-state index >= 15 is 0 Å². The van der Waals surface area contributed by atoms with Gasteiger partial charge in [-0.05, 0) is 55.3 Å². The molecule has 0 unspecified atom stereocenters. The third-order valence-corrected chi connectivity index (χ3v) is 5.67. The highest BCUT2D eigenvalue weighted by molar-refractivity contribution is 7.92. The Balaban J connectivity index is 1.66. The summed E-state index contributed by atoms with van der Waals surface area (Å²) in [5.74, 6) is 1.31. The first-order valence-electron chi connectivity index (χ1n) is 8.80. The van der Waals surface area contributed by atoms with Crippen LogP contribution >= 0.6 is 0 Å². The van der Waals surface area contributed by atoms with Gasteiger partial charge in [-0.3, -0.25) is 4.72 Å². The van der Waals surface area contributed by atoms with Gasteiger partial charge in [0.2, 0.25) is 0 Å². The molecule has 146 valence electrons. The van der Waals surface area contributed by atoms with Crippen LogP contribution in [-0.4, -0.2) is 20.5 Å². The third-order valence-electron chi connectivity index (χ3n) is 4.29. The van der Waals surface area contributed by atoms with Crippen LogP contribution in [0.5, 0.6) is 5.75 Å². The van der Waals surface area contributed by atoms with E-state index in [1.165, 1.54) is 17.8 Å². The van der Waals surface area contributed by atoms with E-state index in [2.05, 4.69) is 39.3 Å². The van der Waals surface area contributed by atoms with Crippen molar-refractivity contribution in [1.29, 1.82) is 0 Å². The molecule has 0 spiro atoms. The number of hydrogen-bond donors (Lipinski definition) is 2. The summed E-state index contributed by atoms with van der Waals surface area (Å²) in [5.41, 5.74) is 3.51. The van der Waals surface area contributed by atoms with Crippen molar-refractivity contribution in [2.45, 2.75) is 25.3 Å². The number of aryl methyl sites for hydroxylation is 2. The monoisotopic (exact) mass is 397 g/mol. The predicted molar refractivity (Wildman–Crippen MR) is 111 cm³/mol. The molecule has 2 N–H and O–H groups in total. The summed E-state index contributed by atoms with van der Waals surface area (Å²) in [6.45, 7) is 4.49. The molecule has 1 heterocycles. The molecule has 0 amide bonds. The SMILES string of the molecule is COc1ccc(S(=O)(=O)Nc2ccc(NCc3ccc(C)cc3)nc2)cc1C. The van der Waals surface area contributed by atoms with Gasteiger partial charge in [0.05, 0.1) is 23.9 Å². The molecule has 0 fully saturated rings. The molecule has 28 heavy (non-hydrogen) atoms. The molecular formula is C21H23N3O3S. The van der Waals surface area contributed by atoms with Gasteiger partial charge >= 0.3 is 0 Å². The van der Waals surface area contributed by atoms with Gasteiger partial charge in [-0.25, -0.2) is 13.4 Å². The Kier molecular flexibility index (Phi) is 5.84. The number of sulfonamides is 1. The fraction of sp³-hybridized carbons (Fsp3) is 0.190. The molecule has 0 aliphatic carbocycles. The smallest absolute Gasteiger partial charge is 0.261 e. The second-order valence-corrected chi connectivity index (χ2v) is 8.19. The number of nitrogens with zero attached hydrogens (tertiary/aromatic N) is 1. The average molecular weight is 398 g/mol. The number of ether oxygens (including phenoxy) is 1. The quantitative estimate of drug-likeness (QED) is 0.627. The van der Waals surface area contributed by atoms with Crippen molar-refractivity contribution >= 4 is 21.5 Å². The van der Waals surface area contributed by atoms with Crippen LogP contribution in [0.15, 0.2) is 65.7 Å². The lowest BCUT2D eigenvalue weighted by atomic mass is 10.1. The fourth-order valence-electron chi connectivity index (χ4n) is 2.69. The van der Waals surface area contributed by atoms with Gasteiger partial charge in [0, 0.05) is 6.54 Å². The molecule has 0 saturated heterocycles. The second kappa shape index (κ2) is 8.31. The first-order chi connectivity index (χ1) is 13.4. The van der Waals surface area contributed by atoms with Crippen LogP contribution < -0.4 is 14.8 Å². The zero-order valence-corrected chi connectivity index (χ0v) is 16.9. The number of pyridine rings is 1. The molecule has 2 aromatic carbocycles. The first kappa shape index (κ1) is 19.7. The Bertz CT molecular complexity index is 1050. The lowest BCUT2D eigenvalue weighted by Crippen LogP contribution is -2.13. The topological polar surface area (TPSA) is 80.3 Å². The normalized spacial score (nSPS) is 11.1. The van der Waals surface area contributed by atoms with E-state index in [0.29, 0.717) is 23.8 Å². The third kappa shape index (κ3) is 4.80. The second-order valence-electron chi connectivity index (χ2n) is 6.51. The number of anilines is 2. The number of hydrogen-bond acceptors (Lipinski definition) is 5. The summed E-state index contributed by atoms with van der Waals surface area (Å²) in [7, 11) is -2.15. The maximum absolute atomic E-state index is 12.6. The van der Waals surface area contributed by atoms with Crippen molar-refractivity contribution in [1.82, 2.24) is 4.98 Å². The van der Waals surface area contributed by atoms with E-state index in [1.54, 1.807) is 38.3 Å². The zero-order chi connectivity index (χ0) is 20.1. The zero-order valence-electron chi connectivity index (χ0n) is 16.1. The largest absolute Gasteiger partial charge is 0.496 e. The molecule has 0 aliphatic rings. The molecule has 7 heteroatoms. The van der Waals surface area contributed by atoms with Gasteiger partial charge in [0.15, 0.2) is 0 Å². The van der Waals surface area contributed by atoms with E-state index in [1.807, 2.05) is 6.92 Å². The number of aromatic nitrogens is 1. The van der Waals surface area contributed by atoms with Crippen LogP contribution in [0.4, 0.5) is 11.5 Å². The Morgan fingerprint density at radius 2 is 1.75 bits per heavy atom. The molecule has 6 nitrogen and oxygen atoms in total. The number of methoxy groups -OCH3 is 1. The summed E-state index contributed by atoms with van der Waals surface area (Å²) in [6, 6.07) is 16.4. The molecule has 1 aromatic heterocycles. The standard InChI is InChI=1S/C21H23N3O3S/c1-15-4-6-17(7-5-15)13-22-21-11-8-18(14-23-21)24-28(25,26)19-9-10-20(27-3)16(2)12-19/h4-12,14,24H,13H2,1-3H3,(H,22,23). The van der Waals surface area contributed by atoms with Gasteiger partial charge < -0.3 is 10.1 Å². The van der Waals surface area contributed by atoms with Gasteiger partial charge in [-0.15, -0.1) is 0 Å². The van der Waals surface area contributed by atoms with Crippen LogP contribution in [0.1, 0.15) is 16.7 Å². The Labute approximate surface area is 165 Å². The van der Waals surface area contributed by atoms with Crippen molar-refractivity contribution in [3.8, 4) is 5.75 Å². The van der Waals surface area contributed by atoms with Crippen molar-refractivity contribution in [3.05, 3.63) is 77.5 Å². The molecule has 0 radical (unpaired) electrons. The van der Waals surface area contributed by atoms with Crippen molar-refractivity contribution < 1.29 is 13.2 Å². The fourth-order valence-corrected chi connectivity index (χ4v) is 3.82. The highest BCUT2D eigenvalue weighted by Gasteiger charge is 2.16. The van der Waals surface area contributed by atoms with E-state index < -0.39 is 10.0 Å². The highest BCUT2D eigenvalue weighted by atomic mass is 32.2. The Hall–Kier alpha value is -3.06. The highest BCUT2D eigenvalue weighted by Crippen LogP contribution is 2.23. The van der Waals surface area contributed by atoms with E-state index in [4.69, 9.17) is 4.74 Å². The van der Waals surface area contributed by atoms with Crippen molar-refractivity contribution in [3.63, 3.8) is 0 Å². The lowest BCUT2D eigenvalue weighted by Gasteiger charge is -2.11. The van der Waals surface area contributed by atoms with E-state index in [0.717, 1.165) is 11.1 Å². The first-order valence-corrected chi connectivity index (χ1v) is 10.3. The van der Waals surface area contributed by atoms with Gasteiger partial charge in [0.1, 0.15) is 11.6 Å². The van der Waals surface area contributed by atoms with Gasteiger partial charge in [-0.2, -0.15) is 0 Å². The Morgan fingerprint density at radius 1 is 1.00 bits per heavy atom. The maximum Gasteiger partial charge on any atom is 0.261 e. The van der Waals surface area contributed by atoms with Crippen LogP contribution in [0.25, 0.3) is 0 Å². The van der Waals surface area contributed by atoms with Gasteiger partial charge in [-0.1, -0.05) is 29.8 Å². The molecule has 0 saturated carbocycles. The van der Waals surface area contributed by atoms with E-state index in [9.17, 15) is 8.42 Å². The number of rotatable bonds is 7. The van der Waals surface area contributed by atoms with Crippen LogP contribution in [0.3, 0.4) is 0 Å². The predicted octanol–water partition coefficient (Wildman–Crippen LogP) is 4.12. The van der Waals surface area contributed by atoms with Crippen molar-refractivity contribution in [2.24, 2.45) is 0 Å². The summed E-state index contributed by atoms with van der Waals surface area (Å²) in [5, 5.41) is 3.22. The summed E-state index contributed by atoms with van der Waals surface area (Å²) in [6.07, 6.45) is 1.49. The minimum Gasteiger partial charge on any atom is -0.496 e. The minimum absolute atomic E-state index is 0.173. The van der Waals surface area contributed by atoms with Crippen LogP contribution in [0, 0.1) is 13.8 Å². The summed E-state index contributed by atoms with van der Waals surface area (Å²) < 4.78 is 32.9. The molecule has 0 bridgehead atoms. The van der Waals surface area contributed by atoms with E-state index in [-0.39, 0.29) is 4.90 Å². The van der Waals surface area contributed by atoms with Crippen molar-refractivity contribution in [2.75, 3.05) is 17.1 Å². The van der Waals surface area contributed by atoms with Crippen LogP contribution in [-0.2, 0) is 16.6 Å². The minimum atomic E-state index is -3.70. The molecule has 0 aliphatic heterocycles. The number of nitrogens with one attached hydrogen (secondary N) is 2. The Morgan fingerprint density at radius 3 is 2.36 bits per heavy atom. The molecular weight excluding hydrogens is 374 g/mol. The van der Waals surface area contributed by atoms with Gasteiger partial charge in [0.25, 0.3) is 10.0 Å². The maximum atomic E-state index is 12.6. The molecule has 0 atom stereocenters. The lowest BCUT2D eigenvalue weighted by molar-refractivity contribution is 0.411. The molecule has 3 aromatic rings. The average Bonchev–Trinajstić information content (AvgIpc) is 2.68.